The van der Waals surface area contributed by atoms with Crippen molar-refractivity contribution in [2.75, 3.05) is 6.61 Å². The predicted octanol–water partition coefficient (Wildman–Crippen LogP) is 2.65. The maximum absolute atomic E-state index is 11.7. The summed E-state index contributed by atoms with van der Waals surface area (Å²) in [7, 11) is 0. The van der Waals surface area contributed by atoms with Crippen molar-refractivity contribution in [1.29, 1.82) is 0 Å². The second kappa shape index (κ2) is 7.40. The number of halogens is 1. The Morgan fingerprint density at radius 3 is 2.76 bits per heavy atom. The maximum Gasteiger partial charge on any atom is 0.277 e. The van der Waals surface area contributed by atoms with Gasteiger partial charge in [0.25, 0.3) is 5.91 Å². The number of benzene rings is 1. The van der Waals surface area contributed by atoms with E-state index in [0.29, 0.717) is 22.2 Å². The van der Waals surface area contributed by atoms with Crippen LogP contribution in [0.4, 0.5) is 0 Å². The van der Waals surface area contributed by atoms with Crippen LogP contribution in [0.3, 0.4) is 0 Å². The lowest BCUT2D eigenvalue weighted by molar-refractivity contribution is -0.123. The molecule has 0 spiro atoms. The van der Waals surface area contributed by atoms with Crippen molar-refractivity contribution >= 4 is 23.2 Å². The number of nitrogens with zero attached hydrogens (tertiary/aromatic N) is 2. The predicted molar refractivity (Wildman–Crippen MR) is 81.5 cm³/mol. The van der Waals surface area contributed by atoms with Crippen LogP contribution in [0.5, 0.6) is 5.75 Å². The smallest absolute Gasteiger partial charge is 0.277 e. The number of nitrogens with one attached hydrogen (secondary N) is 1. The van der Waals surface area contributed by atoms with Crippen LogP contribution in [0.25, 0.3) is 0 Å². The molecule has 0 unspecified atom stereocenters. The summed E-state index contributed by atoms with van der Waals surface area (Å²) in [6.45, 7) is 1.60. The molecular formula is C15H14ClN3O2. The zero-order chi connectivity index (χ0) is 15.1. The van der Waals surface area contributed by atoms with Crippen LogP contribution in [-0.4, -0.2) is 23.2 Å². The first-order valence-corrected chi connectivity index (χ1v) is 6.66. The maximum atomic E-state index is 11.7. The minimum Gasteiger partial charge on any atom is -0.482 e. The summed E-state index contributed by atoms with van der Waals surface area (Å²) < 4.78 is 5.31. The number of para-hydroxylation sites is 1. The van der Waals surface area contributed by atoms with E-state index in [0.717, 1.165) is 0 Å². The van der Waals surface area contributed by atoms with Gasteiger partial charge in [0.05, 0.1) is 16.4 Å². The molecule has 1 heterocycles. The summed E-state index contributed by atoms with van der Waals surface area (Å²) >= 11 is 5.92. The molecule has 1 amide bonds. The van der Waals surface area contributed by atoms with Gasteiger partial charge in [-0.3, -0.25) is 9.78 Å². The van der Waals surface area contributed by atoms with E-state index in [1.54, 1.807) is 37.4 Å². The van der Waals surface area contributed by atoms with Gasteiger partial charge in [0, 0.05) is 6.20 Å². The first-order chi connectivity index (χ1) is 10.2. The third kappa shape index (κ3) is 4.57. The van der Waals surface area contributed by atoms with Gasteiger partial charge in [0.15, 0.2) is 6.61 Å². The van der Waals surface area contributed by atoms with Crippen LogP contribution >= 0.6 is 11.6 Å². The van der Waals surface area contributed by atoms with Gasteiger partial charge in [-0.1, -0.05) is 29.8 Å². The molecule has 108 valence electrons. The number of pyridine rings is 1. The zero-order valence-electron chi connectivity index (χ0n) is 11.4. The van der Waals surface area contributed by atoms with Crippen LogP contribution in [0, 0.1) is 0 Å². The van der Waals surface area contributed by atoms with E-state index < -0.39 is 0 Å². The van der Waals surface area contributed by atoms with Crippen molar-refractivity contribution in [3.05, 3.63) is 59.4 Å². The molecule has 0 atom stereocenters. The summed E-state index contributed by atoms with van der Waals surface area (Å²) in [5.41, 5.74) is 3.72. The van der Waals surface area contributed by atoms with Crippen LogP contribution in [-0.2, 0) is 4.79 Å². The summed E-state index contributed by atoms with van der Waals surface area (Å²) in [5.74, 6) is 0.0879. The van der Waals surface area contributed by atoms with E-state index in [2.05, 4.69) is 15.5 Å². The Morgan fingerprint density at radius 1 is 1.29 bits per heavy atom. The minimum atomic E-state index is -0.370. The van der Waals surface area contributed by atoms with Crippen LogP contribution in [0.15, 0.2) is 53.8 Å². The lowest BCUT2D eigenvalue weighted by atomic mass is 10.3. The summed E-state index contributed by atoms with van der Waals surface area (Å²) in [5, 5.41) is 4.43. The molecule has 0 fully saturated rings. The van der Waals surface area contributed by atoms with Gasteiger partial charge in [-0.15, -0.1) is 0 Å². The van der Waals surface area contributed by atoms with E-state index in [-0.39, 0.29) is 12.5 Å². The molecule has 6 heteroatoms. The summed E-state index contributed by atoms with van der Waals surface area (Å²) in [4.78, 5) is 15.8. The highest BCUT2D eigenvalue weighted by atomic mass is 35.5. The van der Waals surface area contributed by atoms with Crippen molar-refractivity contribution < 1.29 is 9.53 Å². The molecule has 0 radical (unpaired) electrons. The molecule has 1 aromatic carbocycles. The second-order valence-corrected chi connectivity index (χ2v) is 4.57. The first-order valence-electron chi connectivity index (χ1n) is 6.28. The van der Waals surface area contributed by atoms with E-state index in [1.165, 1.54) is 0 Å². The van der Waals surface area contributed by atoms with Crippen LogP contribution < -0.4 is 10.2 Å². The van der Waals surface area contributed by atoms with Gasteiger partial charge >= 0.3 is 0 Å². The average molecular weight is 304 g/mol. The Hall–Kier alpha value is -2.40. The Labute approximate surface area is 127 Å². The monoisotopic (exact) mass is 303 g/mol. The molecule has 0 aliphatic carbocycles. The number of carbonyl (C=O) groups is 1. The Morgan fingerprint density at radius 2 is 2.05 bits per heavy atom. The molecule has 21 heavy (non-hydrogen) atoms. The molecule has 0 saturated heterocycles. The number of carbonyl (C=O) groups excluding carboxylic acids is 1. The fraction of sp³-hybridized carbons (Fsp3) is 0.133. The standard InChI is InChI=1S/C15H14ClN3O2/c1-11(13-7-4-5-9-17-13)18-19-15(20)10-21-14-8-3-2-6-12(14)16/h2-9H,10H2,1H3,(H,19,20)/b18-11-. The van der Waals surface area contributed by atoms with E-state index >= 15 is 0 Å². The lowest BCUT2D eigenvalue weighted by Crippen LogP contribution is -2.25. The molecule has 1 N–H and O–H groups in total. The fourth-order valence-electron chi connectivity index (χ4n) is 1.52. The minimum absolute atomic E-state index is 0.164. The van der Waals surface area contributed by atoms with E-state index in [4.69, 9.17) is 16.3 Å². The molecule has 0 bridgehead atoms. The molecule has 2 aromatic rings. The lowest BCUT2D eigenvalue weighted by Gasteiger charge is -2.06. The number of amides is 1. The first kappa shape index (κ1) is 15.0. The van der Waals surface area contributed by atoms with Crippen molar-refractivity contribution in [2.24, 2.45) is 5.10 Å². The Balaban J connectivity index is 1.87. The molecule has 0 saturated carbocycles. The van der Waals surface area contributed by atoms with E-state index in [1.807, 2.05) is 18.2 Å². The molecule has 1 aromatic heterocycles. The Kier molecular flexibility index (Phi) is 5.29. The van der Waals surface area contributed by atoms with Crippen LogP contribution in [0.2, 0.25) is 5.02 Å². The normalized spacial score (nSPS) is 11.0. The number of hydrogen-bond acceptors (Lipinski definition) is 4. The molecular weight excluding hydrogens is 290 g/mol. The highest BCUT2D eigenvalue weighted by Gasteiger charge is 2.05. The molecule has 0 aliphatic rings. The third-order valence-corrected chi connectivity index (χ3v) is 2.89. The van der Waals surface area contributed by atoms with Gasteiger partial charge in [-0.25, -0.2) is 5.43 Å². The topological polar surface area (TPSA) is 63.6 Å². The van der Waals surface area contributed by atoms with Gasteiger partial charge in [0.2, 0.25) is 0 Å². The quantitative estimate of drug-likeness (QED) is 0.682. The van der Waals surface area contributed by atoms with E-state index in [9.17, 15) is 4.79 Å². The largest absolute Gasteiger partial charge is 0.482 e. The summed E-state index contributed by atoms with van der Waals surface area (Å²) in [6, 6.07) is 12.4. The van der Waals surface area contributed by atoms with Gasteiger partial charge < -0.3 is 4.74 Å². The number of hydrazone groups is 1. The molecule has 5 nitrogen and oxygen atoms in total. The van der Waals surface area contributed by atoms with Crippen molar-refractivity contribution in [3.8, 4) is 5.75 Å². The Bertz CT molecular complexity index is 644. The zero-order valence-corrected chi connectivity index (χ0v) is 12.2. The van der Waals surface area contributed by atoms with Gasteiger partial charge in [0.1, 0.15) is 5.75 Å². The molecule has 2 rings (SSSR count). The number of ether oxygens (including phenoxy) is 1. The fourth-order valence-corrected chi connectivity index (χ4v) is 1.71. The highest BCUT2D eigenvalue weighted by molar-refractivity contribution is 6.32. The molecule has 0 aliphatic heterocycles. The summed E-state index contributed by atoms with van der Waals surface area (Å²) in [6.07, 6.45) is 1.66. The van der Waals surface area contributed by atoms with Crippen molar-refractivity contribution in [3.63, 3.8) is 0 Å². The number of aromatic nitrogens is 1. The third-order valence-electron chi connectivity index (χ3n) is 2.58. The van der Waals surface area contributed by atoms with Gasteiger partial charge in [-0.05, 0) is 31.2 Å². The second-order valence-electron chi connectivity index (χ2n) is 4.17. The van der Waals surface area contributed by atoms with Crippen molar-refractivity contribution in [1.82, 2.24) is 10.4 Å². The number of rotatable bonds is 5. The SMILES string of the molecule is C/C(=N/NC(=O)COc1ccccc1Cl)c1ccccn1. The van der Waals surface area contributed by atoms with Crippen molar-refractivity contribution in [2.45, 2.75) is 6.92 Å². The van der Waals surface area contributed by atoms with Crippen LogP contribution in [0.1, 0.15) is 12.6 Å². The highest BCUT2D eigenvalue weighted by Crippen LogP contribution is 2.22. The average Bonchev–Trinajstić information content (AvgIpc) is 2.52. The van der Waals surface area contributed by atoms with Gasteiger partial charge in [-0.2, -0.15) is 5.10 Å². The number of hydrogen-bond donors (Lipinski definition) is 1.